The molecule has 1 atom stereocenters. The number of allylic oxidation sites excluding steroid dienone is 4. The monoisotopic (exact) mass is 478 g/mol. The van der Waals surface area contributed by atoms with Crippen LogP contribution in [0.1, 0.15) is 37.9 Å². The van der Waals surface area contributed by atoms with E-state index in [2.05, 4.69) is 57.8 Å². The fourth-order valence-electron chi connectivity index (χ4n) is 4.51. The van der Waals surface area contributed by atoms with E-state index in [0.29, 0.717) is 12.4 Å². The second kappa shape index (κ2) is 12.7. The number of aromatic nitrogens is 2. The van der Waals surface area contributed by atoms with E-state index in [4.69, 9.17) is 9.72 Å². The van der Waals surface area contributed by atoms with Gasteiger partial charge in [0, 0.05) is 75.1 Å². The summed E-state index contributed by atoms with van der Waals surface area (Å²) in [6, 6.07) is 0.134. The first kappa shape index (κ1) is 25.1. The van der Waals surface area contributed by atoms with Crippen LogP contribution in [-0.4, -0.2) is 84.2 Å². The lowest BCUT2D eigenvalue weighted by Gasteiger charge is -2.33. The van der Waals surface area contributed by atoms with Crippen LogP contribution in [0.3, 0.4) is 0 Å². The predicted molar refractivity (Wildman–Crippen MR) is 140 cm³/mol. The predicted octanol–water partition coefficient (Wildman–Crippen LogP) is 2.78. The number of carbonyl (C=O) groups is 1. The zero-order valence-electron chi connectivity index (χ0n) is 21.0. The fourth-order valence-corrected chi connectivity index (χ4v) is 4.51. The van der Waals surface area contributed by atoms with Crippen LogP contribution in [0.15, 0.2) is 47.8 Å². The molecule has 1 unspecified atom stereocenters. The molecule has 188 valence electrons. The van der Waals surface area contributed by atoms with Crippen molar-refractivity contribution < 1.29 is 9.53 Å². The number of nitrogens with zero attached hydrogens (tertiary/aromatic N) is 4. The van der Waals surface area contributed by atoms with E-state index in [-0.39, 0.29) is 11.9 Å². The number of hydrogen-bond donors (Lipinski definition) is 2. The number of rotatable bonds is 8. The standard InChI is InChI=1S/C27H38N6O2/c1-3-4-6-22-20-29-27(30-23-7-5-8-24(19-23)32-15-17-35-18-16-32)31-25(22)10-9-21(2)26(34)33-13-11-28-12-14-33/h4-9,20,23,28H,3,10-19H2,1-2H3,(H,29,30,31)/b6-4-,21-9+. The Kier molecular flexibility index (Phi) is 9.08. The van der Waals surface area contributed by atoms with Crippen molar-refractivity contribution in [1.82, 2.24) is 25.1 Å². The van der Waals surface area contributed by atoms with Gasteiger partial charge in [-0.1, -0.05) is 37.3 Å². The van der Waals surface area contributed by atoms with Crippen LogP contribution in [-0.2, 0) is 16.0 Å². The number of ether oxygens (including phenoxy) is 1. The first-order valence-corrected chi connectivity index (χ1v) is 12.8. The third-order valence-corrected chi connectivity index (χ3v) is 6.57. The summed E-state index contributed by atoms with van der Waals surface area (Å²) in [6.45, 7) is 10.7. The Morgan fingerprint density at radius 1 is 1.26 bits per heavy atom. The Morgan fingerprint density at radius 3 is 2.83 bits per heavy atom. The zero-order valence-corrected chi connectivity index (χ0v) is 21.0. The van der Waals surface area contributed by atoms with E-state index >= 15 is 0 Å². The molecule has 3 aliphatic rings. The fraction of sp³-hybridized carbons (Fsp3) is 0.519. The SMILES string of the molecule is CC/C=C\c1cnc(NC2C=CC=C(N3CCOCC3)C2)nc1C/C=C(\C)C(=O)N1CCNCC1. The normalized spacial score (nSPS) is 21.4. The van der Waals surface area contributed by atoms with Crippen molar-refractivity contribution in [3.63, 3.8) is 0 Å². The molecule has 2 saturated heterocycles. The van der Waals surface area contributed by atoms with Gasteiger partial charge in [-0.05, 0) is 19.4 Å². The van der Waals surface area contributed by atoms with Crippen LogP contribution >= 0.6 is 0 Å². The van der Waals surface area contributed by atoms with E-state index in [1.807, 2.05) is 24.1 Å². The lowest BCUT2D eigenvalue weighted by molar-refractivity contribution is -0.127. The topological polar surface area (TPSA) is 82.6 Å². The average Bonchev–Trinajstić information content (AvgIpc) is 2.92. The van der Waals surface area contributed by atoms with E-state index in [1.54, 1.807) is 0 Å². The number of piperazine rings is 1. The zero-order chi connectivity index (χ0) is 24.5. The highest BCUT2D eigenvalue weighted by molar-refractivity contribution is 5.92. The number of hydrogen-bond acceptors (Lipinski definition) is 7. The van der Waals surface area contributed by atoms with Gasteiger partial charge in [0.15, 0.2) is 0 Å². The van der Waals surface area contributed by atoms with Crippen LogP contribution in [0.4, 0.5) is 5.95 Å². The first-order valence-electron chi connectivity index (χ1n) is 12.8. The maximum absolute atomic E-state index is 12.8. The second-order valence-electron chi connectivity index (χ2n) is 9.14. The molecule has 0 saturated carbocycles. The van der Waals surface area contributed by atoms with Crippen molar-refractivity contribution in [2.24, 2.45) is 0 Å². The number of anilines is 1. The van der Waals surface area contributed by atoms with Crippen LogP contribution < -0.4 is 10.6 Å². The van der Waals surface area contributed by atoms with Gasteiger partial charge in [-0.2, -0.15) is 0 Å². The molecule has 2 aliphatic heterocycles. The van der Waals surface area contributed by atoms with Crippen LogP contribution in [0.5, 0.6) is 0 Å². The second-order valence-corrected chi connectivity index (χ2v) is 9.14. The summed E-state index contributed by atoms with van der Waals surface area (Å²) in [5.74, 6) is 0.727. The third-order valence-electron chi connectivity index (χ3n) is 6.57. The van der Waals surface area contributed by atoms with E-state index in [9.17, 15) is 4.79 Å². The summed E-state index contributed by atoms with van der Waals surface area (Å²) in [6.07, 6.45) is 16.9. The highest BCUT2D eigenvalue weighted by Crippen LogP contribution is 2.21. The van der Waals surface area contributed by atoms with Crippen molar-refractivity contribution in [3.05, 3.63) is 59.1 Å². The summed E-state index contributed by atoms with van der Waals surface area (Å²) < 4.78 is 5.49. The first-order chi connectivity index (χ1) is 17.1. The van der Waals surface area contributed by atoms with Gasteiger partial charge >= 0.3 is 0 Å². The summed E-state index contributed by atoms with van der Waals surface area (Å²) in [4.78, 5) is 26.6. The number of carbonyl (C=O) groups excluding carboxylic acids is 1. The molecule has 2 N–H and O–H groups in total. The maximum atomic E-state index is 12.8. The van der Waals surface area contributed by atoms with Crippen molar-refractivity contribution in [2.45, 2.75) is 39.2 Å². The molecule has 1 aliphatic carbocycles. The molecule has 1 aromatic heterocycles. The minimum absolute atomic E-state index is 0.110. The highest BCUT2D eigenvalue weighted by Gasteiger charge is 2.20. The summed E-state index contributed by atoms with van der Waals surface area (Å²) >= 11 is 0. The van der Waals surface area contributed by atoms with Gasteiger partial charge in [-0.25, -0.2) is 9.97 Å². The minimum atomic E-state index is 0.110. The van der Waals surface area contributed by atoms with Gasteiger partial charge in [-0.3, -0.25) is 4.79 Å². The number of nitrogens with one attached hydrogen (secondary N) is 2. The van der Waals surface area contributed by atoms with E-state index in [1.165, 1.54) is 5.70 Å². The van der Waals surface area contributed by atoms with Gasteiger partial charge in [0.05, 0.1) is 24.9 Å². The number of morpholine rings is 1. The molecule has 1 amide bonds. The highest BCUT2D eigenvalue weighted by atomic mass is 16.5. The molecule has 8 nitrogen and oxygen atoms in total. The summed E-state index contributed by atoms with van der Waals surface area (Å²) in [5.41, 5.74) is 3.99. The molecule has 4 rings (SSSR count). The van der Waals surface area contributed by atoms with Crippen molar-refractivity contribution in [3.8, 4) is 0 Å². The molecule has 35 heavy (non-hydrogen) atoms. The van der Waals surface area contributed by atoms with Gasteiger partial charge < -0.3 is 25.2 Å². The lowest BCUT2D eigenvalue weighted by atomic mass is 10.0. The molecule has 1 aromatic rings. The molecule has 0 radical (unpaired) electrons. The Labute approximate surface area is 208 Å². The molecule has 0 bridgehead atoms. The molecular weight excluding hydrogens is 440 g/mol. The quantitative estimate of drug-likeness (QED) is 0.556. The minimum Gasteiger partial charge on any atom is -0.378 e. The van der Waals surface area contributed by atoms with Crippen molar-refractivity contribution in [1.29, 1.82) is 0 Å². The van der Waals surface area contributed by atoms with Crippen LogP contribution in [0.25, 0.3) is 6.08 Å². The summed E-state index contributed by atoms with van der Waals surface area (Å²) in [7, 11) is 0. The lowest BCUT2D eigenvalue weighted by Crippen LogP contribution is -2.46. The van der Waals surface area contributed by atoms with Crippen molar-refractivity contribution in [2.75, 3.05) is 57.8 Å². The largest absolute Gasteiger partial charge is 0.378 e. The Balaban J connectivity index is 1.44. The molecule has 3 heterocycles. The summed E-state index contributed by atoms with van der Waals surface area (Å²) in [5, 5.41) is 6.79. The Morgan fingerprint density at radius 2 is 2.06 bits per heavy atom. The van der Waals surface area contributed by atoms with Gasteiger partial charge in [0.25, 0.3) is 0 Å². The van der Waals surface area contributed by atoms with Gasteiger partial charge in [-0.15, -0.1) is 0 Å². The average molecular weight is 479 g/mol. The Bertz CT molecular complexity index is 987. The van der Waals surface area contributed by atoms with Crippen LogP contribution in [0.2, 0.25) is 0 Å². The third kappa shape index (κ3) is 7.02. The molecular formula is C27H38N6O2. The van der Waals surface area contributed by atoms with Gasteiger partial charge in [0.2, 0.25) is 11.9 Å². The number of amides is 1. The van der Waals surface area contributed by atoms with Crippen LogP contribution in [0, 0.1) is 0 Å². The molecule has 8 heteroatoms. The van der Waals surface area contributed by atoms with Crippen molar-refractivity contribution >= 4 is 17.9 Å². The molecule has 2 fully saturated rings. The molecule has 0 spiro atoms. The Hall–Kier alpha value is -2.97. The molecule has 0 aromatic carbocycles. The van der Waals surface area contributed by atoms with Gasteiger partial charge in [0.1, 0.15) is 0 Å². The van der Waals surface area contributed by atoms with E-state index < -0.39 is 0 Å². The maximum Gasteiger partial charge on any atom is 0.249 e. The smallest absolute Gasteiger partial charge is 0.249 e. The van der Waals surface area contributed by atoms with E-state index in [0.717, 1.165) is 82.2 Å².